The molecule has 3 amide bonds. The maximum absolute atomic E-state index is 12.3. The number of benzene rings is 2. The van der Waals surface area contributed by atoms with Gasteiger partial charge in [0, 0.05) is 17.3 Å². The lowest BCUT2D eigenvalue weighted by atomic mass is 10.2. The Morgan fingerprint density at radius 1 is 1.00 bits per heavy atom. The molecular formula is C21H23ClN4O3. The number of nitrogens with one attached hydrogen (secondary N) is 3. The molecule has 0 aromatic heterocycles. The van der Waals surface area contributed by atoms with Gasteiger partial charge >= 0.3 is 0 Å². The zero-order valence-corrected chi connectivity index (χ0v) is 16.8. The number of anilines is 2. The average molecular weight is 415 g/mol. The van der Waals surface area contributed by atoms with Gasteiger partial charge in [-0.3, -0.25) is 19.3 Å². The van der Waals surface area contributed by atoms with Gasteiger partial charge in [-0.15, -0.1) is 0 Å². The van der Waals surface area contributed by atoms with E-state index in [2.05, 4.69) is 16.0 Å². The van der Waals surface area contributed by atoms with Crippen LogP contribution in [0.2, 0.25) is 5.02 Å². The van der Waals surface area contributed by atoms with Crippen molar-refractivity contribution in [3.05, 3.63) is 59.1 Å². The molecule has 0 heterocycles. The van der Waals surface area contributed by atoms with Crippen molar-refractivity contribution in [2.75, 3.05) is 30.8 Å². The molecule has 8 heteroatoms. The summed E-state index contributed by atoms with van der Waals surface area (Å²) in [4.78, 5) is 38.1. The second kappa shape index (κ2) is 9.54. The first-order valence-corrected chi connectivity index (χ1v) is 9.72. The molecule has 2 aromatic carbocycles. The van der Waals surface area contributed by atoms with Crippen LogP contribution in [0.1, 0.15) is 23.2 Å². The van der Waals surface area contributed by atoms with E-state index in [-0.39, 0.29) is 36.9 Å². The molecular weight excluding hydrogens is 392 g/mol. The molecule has 0 unspecified atom stereocenters. The Morgan fingerprint density at radius 3 is 2.38 bits per heavy atom. The van der Waals surface area contributed by atoms with Gasteiger partial charge in [0.2, 0.25) is 11.8 Å². The van der Waals surface area contributed by atoms with Crippen molar-refractivity contribution in [3.8, 4) is 0 Å². The molecule has 0 aliphatic heterocycles. The van der Waals surface area contributed by atoms with Crippen molar-refractivity contribution in [3.63, 3.8) is 0 Å². The lowest BCUT2D eigenvalue weighted by Crippen LogP contribution is -2.36. The van der Waals surface area contributed by atoms with E-state index in [1.165, 1.54) is 0 Å². The summed E-state index contributed by atoms with van der Waals surface area (Å²) in [6, 6.07) is 14.0. The van der Waals surface area contributed by atoms with Gasteiger partial charge in [-0.2, -0.15) is 0 Å². The highest BCUT2D eigenvalue weighted by Gasteiger charge is 2.23. The molecule has 29 heavy (non-hydrogen) atoms. The molecule has 0 radical (unpaired) electrons. The van der Waals surface area contributed by atoms with E-state index < -0.39 is 0 Å². The number of carbonyl (C=O) groups excluding carboxylic acids is 3. The maximum atomic E-state index is 12.3. The van der Waals surface area contributed by atoms with Crippen LogP contribution in [0, 0.1) is 0 Å². The topological polar surface area (TPSA) is 90.5 Å². The summed E-state index contributed by atoms with van der Waals surface area (Å²) in [6.07, 6.45) is 2.02. The number of carbonyl (C=O) groups is 3. The molecule has 1 aliphatic rings. The summed E-state index contributed by atoms with van der Waals surface area (Å²) < 4.78 is 0. The fourth-order valence-electron chi connectivity index (χ4n) is 2.73. The summed E-state index contributed by atoms with van der Waals surface area (Å²) in [5.41, 5.74) is 1.56. The largest absolute Gasteiger partial charge is 0.349 e. The molecule has 2 aromatic rings. The number of likely N-dealkylation sites (N-methyl/N-ethyl adjacent to an activating group) is 1. The minimum Gasteiger partial charge on any atom is -0.349 e. The van der Waals surface area contributed by atoms with Gasteiger partial charge in [0.1, 0.15) is 0 Å². The van der Waals surface area contributed by atoms with E-state index in [1.54, 1.807) is 60.5 Å². The quantitative estimate of drug-likeness (QED) is 0.619. The minimum absolute atomic E-state index is 0.0223. The summed E-state index contributed by atoms with van der Waals surface area (Å²) >= 11 is 6.02. The number of nitrogens with zero attached hydrogens (tertiary/aromatic N) is 1. The molecule has 152 valence electrons. The lowest BCUT2D eigenvalue weighted by Gasteiger charge is -2.16. The third-order valence-electron chi connectivity index (χ3n) is 4.30. The molecule has 3 rings (SSSR count). The Bertz CT molecular complexity index is 914. The predicted molar refractivity (Wildman–Crippen MR) is 113 cm³/mol. The Kier molecular flexibility index (Phi) is 6.85. The molecule has 0 saturated heterocycles. The van der Waals surface area contributed by atoms with Crippen LogP contribution in [0.15, 0.2) is 48.5 Å². The fraction of sp³-hybridized carbons (Fsp3) is 0.286. The van der Waals surface area contributed by atoms with Crippen LogP contribution in [0.25, 0.3) is 0 Å². The van der Waals surface area contributed by atoms with Crippen LogP contribution in [-0.2, 0) is 9.59 Å². The second-order valence-corrected chi connectivity index (χ2v) is 7.48. The normalized spacial score (nSPS) is 13.1. The van der Waals surface area contributed by atoms with Crippen molar-refractivity contribution in [2.45, 2.75) is 18.9 Å². The Hall–Kier alpha value is -2.90. The Balaban J connectivity index is 1.47. The van der Waals surface area contributed by atoms with E-state index in [9.17, 15) is 14.4 Å². The van der Waals surface area contributed by atoms with Gasteiger partial charge < -0.3 is 16.0 Å². The number of hydrogen-bond donors (Lipinski definition) is 3. The molecule has 0 spiro atoms. The monoisotopic (exact) mass is 414 g/mol. The first-order valence-electron chi connectivity index (χ1n) is 9.34. The minimum atomic E-state index is -0.280. The first-order chi connectivity index (χ1) is 13.9. The van der Waals surface area contributed by atoms with Crippen LogP contribution in [0.3, 0.4) is 0 Å². The first kappa shape index (κ1) is 20.8. The van der Waals surface area contributed by atoms with Gasteiger partial charge in [0.15, 0.2) is 0 Å². The molecule has 1 fully saturated rings. The van der Waals surface area contributed by atoms with Gasteiger partial charge in [0.25, 0.3) is 5.91 Å². The van der Waals surface area contributed by atoms with Crippen LogP contribution in [-0.4, -0.2) is 48.8 Å². The van der Waals surface area contributed by atoms with E-state index in [1.807, 2.05) is 0 Å². The highest BCUT2D eigenvalue weighted by molar-refractivity contribution is 6.33. The van der Waals surface area contributed by atoms with Crippen LogP contribution >= 0.6 is 11.6 Å². The van der Waals surface area contributed by atoms with Crippen LogP contribution < -0.4 is 16.0 Å². The summed E-state index contributed by atoms with van der Waals surface area (Å²) in [6.45, 7) is 0.0525. The zero-order chi connectivity index (χ0) is 20.8. The number of halogens is 1. The molecule has 1 saturated carbocycles. The SMILES string of the molecule is CN(CC(=O)Nc1cccc(C(=O)NC2CC2)c1)CC(=O)Nc1ccccc1Cl. The second-order valence-electron chi connectivity index (χ2n) is 7.08. The molecule has 7 nitrogen and oxygen atoms in total. The number of para-hydroxylation sites is 1. The van der Waals surface area contributed by atoms with E-state index in [4.69, 9.17) is 11.6 Å². The summed E-state index contributed by atoms with van der Waals surface area (Å²) in [5.74, 6) is -0.693. The van der Waals surface area contributed by atoms with E-state index in [0.29, 0.717) is 22.0 Å². The Labute approximate surface area is 174 Å². The van der Waals surface area contributed by atoms with Crippen molar-refractivity contribution < 1.29 is 14.4 Å². The van der Waals surface area contributed by atoms with Crippen LogP contribution in [0.5, 0.6) is 0 Å². The van der Waals surface area contributed by atoms with Gasteiger partial charge in [-0.1, -0.05) is 29.8 Å². The molecule has 0 atom stereocenters. The fourth-order valence-corrected chi connectivity index (χ4v) is 2.92. The third kappa shape index (κ3) is 6.58. The third-order valence-corrected chi connectivity index (χ3v) is 4.63. The summed E-state index contributed by atoms with van der Waals surface area (Å²) in [5, 5.41) is 8.84. The van der Waals surface area contributed by atoms with E-state index in [0.717, 1.165) is 12.8 Å². The highest BCUT2D eigenvalue weighted by atomic mass is 35.5. The Morgan fingerprint density at radius 2 is 1.69 bits per heavy atom. The van der Waals surface area contributed by atoms with Gasteiger partial charge in [-0.25, -0.2) is 0 Å². The lowest BCUT2D eigenvalue weighted by molar-refractivity contribution is -0.119. The van der Waals surface area contributed by atoms with Crippen molar-refractivity contribution in [1.29, 1.82) is 0 Å². The highest BCUT2D eigenvalue weighted by Crippen LogP contribution is 2.21. The van der Waals surface area contributed by atoms with Gasteiger partial charge in [-0.05, 0) is 50.2 Å². The standard InChI is InChI=1S/C21H23ClN4O3/c1-26(13-20(28)25-18-8-3-2-7-17(18)22)12-19(27)23-16-6-4-5-14(11-16)21(29)24-15-9-10-15/h2-8,11,15H,9-10,12-13H2,1H3,(H,23,27)(H,24,29)(H,25,28). The van der Waals surface area contributed by atoms with Crippen molar-refractivity contribution in [1.82, 2.24) is 10.2 Å². The van der Waals surface area contributed by atoms with E-state index >= 15 is 0 Å². The summed E-state index contributed by atoms with van der Waals surface area (Å²) in [7, 11) is 1.67. The predicted octanol–water partition coefficient (Wildman–Crippen LogP) is 2.74. The number of hydrogen-bond acceptors (Lipinski definition) is 4. The zero-order valence-electron chi connectivity index (χ0n) is 16.1. The number of rotatable bonds is 8. The molecule has 1 aliphatic carbocycles. The smallest absolute Gasteiger partial charge is 0.251 e. The van der Waals surface area contributed by atoms with Crippen molar-refractivity contribution >= 4 is 40.7 Å². The average Bonchev–Trinajstić information content (AvgIpc) is 3.47. The molecule has 0 bridgehead atoms. The molecule has 3 N–H and O–H groups in total. The maximum Gasteiger partial charge on any atom is 0.251 e. The van der Waals surface area contributed by atoms with Gasteiger partial charge in [0.05, 0.1) is 23.8 Å². The van der Waals surface area contributed by atoms with Crippen LogP contribution in [0.4, 0.5) is 11.4 Å². The number of amides is 3. The van der Waals surface area contributed by atoms with Crippen molar-refractivity contribution in [2.24, 2.45) is 0 Å².